The number of benzene rings is 2. The first kappa shape index (κ1) is 16.5. The molecular weight excluding hydrogens is 316 g/mol. The van der Waals surface area contributed by atoms with Crippen LogP contribution < -0.4 is 10.6 Å². The average molecular weight is 334 g/mol. The third-order valence-corrected chi connectivity index (χ3v) is 3.81. The topological polar surface area (TPSA) is 71.3 Å². The van der Waals surface area contributed by atoms with Gasteiger partial charge >= 0.3 is 11.8 Å². The first-order chi connectivity index (χ1) is 12.1. The maximum absolute atomic E-state index is 12.3. The molecule has 1 aromatic heterocycles. The van der Waals surface area contributed by atoms with Gasteiger partial charge in [-0.2, -0.15) is 0 Å². The number of rotatable bonds is 4. The predicted molar refractivity (Wildman–Crippen MR) is 95.8 cm³/mol. The van der Waals surface area contributed by atoms with Crippen LogP contribution in [0.1, 0.15) is 11.3 Å². The Bertz CT molecular complexity index is 871. The smallest absolute Gasteiger partial charge is 0.313 e. The van der Waals surface area contributed by atoms with Gasteiger partial charge in [-0.25, -0.2) is 0 Å². The second-order valence-corrected chi connectivity index (χ2v) is 5.58. The summed E-state index contributed by atoms with van der Waals surface area (Å²) in [6.07, 6.45) is 1.51. The van der Waals surface area contributed by atoms with Crippen LogP contribution in [-0.4, -0.2) is 11.8 Å². The van der Waals surface area contributed by atoms with Gasteiger partial charge in [-0.3, -0.25) is 9.59 Å². The summed E-state index contributed by atoms with van der Waals surface area (Å²) in [5, 5.41) is 5.26. The lowest BCUT2D eigenvalue weighted by Crippen LogP contribution is -2.35. The monoisotopic (exact) mass is 334 g/mol. The van der Waals surface area contributed by atoms with Gasteiger partial charge in [0.25, 0.3) is 0 Å². The van der Waals surface area contributed by atoms with Crippen LogP contribution in [0.5, 0.6) is 0 Å². The molecule has 0 spiro atoms. The number of carbonyl (C=O) groups excluding carboxylic acids is 2. The van der Waals surface area contributed by atoms with Crippen LogP contribution in [0.25, 0.3) is 11.1 Å². The molecule has 0 bridgehead atoms. The molecule has 1 heterocycles. The third-order valence-electron chi connectivity index (χ3n) is 3.81. The van der Waals surface area contributed by atoms with Crippen LogP contribution >= 0.6 is 0 Å². The highest BCUT2D eigenvalue weighted by atomic mass is 16.3. The van der Waals surface area contributed by atoms with Crippen molar-refractivity contribution in [2.24, 2.45) is 0 Å². The van der Waals surface area contributed by atoms with Crippen molar-refractivity contribution in [3.8, 4) is 11.1 Å². The number of hydrogen-bond donors (Lipinski definition) is 2. The molecule has 3 rings (SSSR count). The zero-order valence-electron chi connectivity index (χ0n) is 13.8. The van der Waals surface area contributed by atoms with Crippen LogP contribution in [-0.2, 0) is 16.1 Å². The van der Waals surface area contributed by atoms with E-state index >= 15 is 0 Å². The van der Waals surface area contributed by atoms with E-state index in [0.717, 1.165) is 16.7 Å². The fourth-order valence-corrected chi connectivity index (χ4v) is 2.52. The van der Waals surface area contributed by atoms with E-state index < -0.39 is 11.8 Å². The van der Waals surface area contributed by atoms with Gasteiger partial charge in [-0.15, -0.1) is 0 Å². The highest BCUT2D eigenvalue weighted by molar-refractivity contribution is 6.40. The molecule has 2 aromatic carbocycles. The Labute approximate surface area is 145 Å². The Morgan fingerprint density at radius 1 is 0.920 bits per heavy atom. The van der Waals surface area contributed by atoms with Crippen molar-refractivity contribution in [3.63, 3.8) is 0 Å². The van der Waals surface area contributed by atoms with Gasteiger partial charge in [0.05, 0.1) is 18.5 Å². The highest BCUT2D eigenvalue weighted by Gasteiger charge is 2.17. The van der Waals surface area contributed by atoms with Gasteiger partial charge < -0.3 is 15.1 Å². The van der Waals surface area contributed by atoms with Crippen molar-refractivity contribution in [2.75, 3.05) is 5.32 Å². The van der Waals surface area contributed by atoms with Gasteiger partial charge in [-0.05, 0) is 30.2 Å². The molecule has 0 aliphatic heterocycles. The van der Waals surface area contributed by atoms with Gasteiger partial charge in [0.1, 0.15) is 5.76 Å². The summed E-state index contributed by atoms with van der Waals surface area (Å²) in [6, 6.07) is 18.9. The summed E-state index contributed by atoms with van der Waals surface area (Å²) in [4.78, 5) is 24.3. The summed E-state index contributed by atoms with van der Waals surface area (Å²) >= 11 is 0. The standard InChI is InChI=1S/C20H18N2O3/c1-14-7-5-11-17(15-8-3-2-4-9-15)18(14)22-20(24)19(23)21-13-16-10-6-12-25-16/h2-12H,13H2,1H3,(H,21,23)(H,22,24). The van der Waals surface area contributed by atoms with Crippen molar-refractivity contribution < 1.29 is 14.0 Å². The molecule has 0 aliphatic rings. The second-order valence-electron chi connectivity index (χ2n) is 5.58. The van der Waals surface area contributed by atoms with Crippen LogP contribution in [0.3, 0.4) is 0 Å². The number of anilines is 1. The van der Waals surface area contributed by atoms with E-state index in [1.54, 1.807) is 12.1 Å². The van der Waals surface area contributed by atoms with E-state index in [0.29, 0.717) is 11.4 Å². The highest BCUT2D eigenvalue weighted by Crippen LogP contribution is 2.30. The number of nitrogens with one attached hydrogen (secondary N) is 2. The molecule has 0 saturated carbocycles. The molecule has 0 atom stereocenters. The number of hydrogen-bond acceptors (Lipinski definition) is 3. The Morgan fingerprint density at radius 3 is 2.44 bits per heavy atom. The molecule has 5 heteroatoms. The SMILES string of the molecule is Cc1cccc(-c2ccccc2)c1NC(=O)C(=O)NCc1ccco1. The summed E-state index contributed by atoms with van der Waals surface area (Å²) < 4.78 is 5.13. The molecule has 0 unspecified atom stereocenters. The van der Waals surface area contributed by atoms with E-state index in [-0.39, 0.29) is 6.54 Å². The first-order valence-electron chi connectivity index (χ1n) is 7.92. The van der Waals surface area contributed by atoms with Crippen molar-refractivity contribution in [3.05, 3.63) is 78.3 Å². The van der Waals surface area contributed by atoms with Gasteiger partial charge in [0.2, 0.25) is 0 Å². The van der Waals surface area contributed by atoms with E-state index in [9.17, 15) is 9.59 Å². The average Bonchev–Trinajstić information content (AvgIpc) is 3.15. The summed E-state index contributed by atoms with van der Waals surface area (Å²) in [6.45, 7) is 2.06. The molecule has 0 radical (unpaired) electrons. The Hall–Kier alpha value is -3.34. The lowest BCUT2D eigenvalue weighted by Gasteiger charge is -2.14. The number of carbonyl (C=O) groups is 2. The van der Waals surface area contributed by atoms with Crippen molar-refractivity contribution in [1.29, 1.82) is 0 Å². The van der Waals surface area contributed by atoms with Crippen molar-refractivity contribution in [1.82, 2.24) is 5.32 Å². The number of furan rings is 1. The molecule has 2 N–H and O–H groups in total. The molecule has 2 amide bonds. The Morgan fingerprint density at radius 2 is 1.72 bits per heavy atom. The molecule has 0 aliphatic carbocycles. The minimum atomic E-state index is -0.710. The lowest BCUT2D eigenvalue weighted by molar-refractivity contribution is -0.136. The Balaban J connectivity index is 1.76. The quantitative estimate of drug-likeness (QED) is 0.717. The van der Waals surface area contributed by atoms with Gasteiger partial charge in [-0.1, -0.05) is 48.5 Å². The van der Waals surface area contributed by atoms with Crippen LogP contribution in [0, 0.1) is 6.92 Å². The number of para-hydroxylation sites is 1. The fourth-order valence-electron chi connectivity index (χ4n) is 2.52. The predicted octanol–water partition coefficient (Wildman–Crippen LogP) is 3.51. The first-order valence-corrected chi connectivity index (χ1v) is 7.92. The fraction of sp³-hybridized carbons (Fsp3) is 0.100. The van der Waals surface area contributed by atoms with Crippen LogP contribution in [0.2, 0.25) is 0 Å². The van der Waals surface area contributed by atoms with Gasteiger partial charge in [0, 0.05) is 5.56 Å². The van der Waals surface area contributed by atoms with E-state index in [2.05, 4.69) is 10.6 Å². The normalized spacial score (nSPS) is 10.3. The number of amides is 2. The number of aryl methyl sites for hydroxylation is 1. The Kier molecular flexibility index (Phi) is 4.95. The minimum absolute atomic E-state index is 0.165. The third kappa shape index (κ3) is 3.95. The largest absolute Gasteiger partial charge is 0.467 e. The molecular formula is C20H18N2O3. The molecule has 0 saturated heterocycles. The van der Waals surface area contributed by atoms with E-state index in [1.807, 2.05) is 55.5 Å². The van der Waals surface area contributed by atoms with Crippen LogP contribution in [0.4, 0.5) is 5.69 Å². The zero-order valence-corrected chi connectivity index (χ0v) is 13.8. The van der Waals surface area contributed by atoms with Crippen molar-refractivity contribution >= 4 is 17.5 Å². The lowest BCUT2D eigenvalue weighted by atomic mass is 10.0. The summed E-state index contributed by atoms with van der Waals surface area (Å²) in [5.41, 5.74) is 3.35. The van der Waals surface area contributed by atoms with Gasteiger partial charge in [0.15, 0.2) is 0 Å². The molecule has 0 fully saturated rings. The molecule has 3 aromatic rings. The van der Waals surface area contributed by atoms with Crippen LogP contribution in [0.15, 0.2) is 71.3 Å². The molecule has 126 valence electrons. The second kappa shape index (κ2) is 7.49. The van der Waals surface area contributed by atoms with Crippen molar-refractivity contribution in [2.45, 2.75) is 13.5 Å². The molecule has 25 heavy (non-hydrogen) atoms. The summed E-state index contributed by atoms with van der Waals surface area (Å²) in [7, 11) is 0. The maximum atomic E-state index is 12.3. The summed E-state index contributed by atoms with van der Waals surface area (Å²) in [5.74, 6) is -0.835. The van der Waals surface area contributed by atoms with E-state index in [1.165, 1.54) is 6.26 Å². The minimum Gasteiger partial charge on any atom is -0.467 e. The van der Waals surface area contributed by atoms with E-state index in [4.69, 9.17) is 4.42 Å². The maximum Gasteiger partial charge on any atom is 0.313 e. The molecule has 5 nitrogen and oxygen atoms in total. The zero-order chi connectivity index (χ0) is 17.6.